The maximum absolute atomic E-state index is 3.69. The van der Waals surface area contributed by atoms with Crippen molar-refractivity contribution in [2.45, 2.75) is 13.3 Å². The third kappa shape index (κ3) is 1.56. The molecular formula is C9H12. The molecule has 0 bridgehead atoms. The lowest BCUT2D eigenvalue weighted by Crippen LogP contribution is -1.91. The van der Waals surface area contributed by atoms with Gasteiger partial charge in [-0.3, -0.25) is 0 Å². The lowest BCUT2D eigenvalue weighted by Gasteiger charge is -2.07. The van der Waals surface area contributed by atoms with Gasteiger partial charge in [-0.2, -0.15) is 0 Å². The summed E-state index contributed by atoms with van der Waals surface area (Å²) in [7, 11) is 0. The fraction of sp³-hybridized carbons (Fsp3) is 0.333. The Morgan fingerprint density at radius 3 is 3.00 bits per heavy atom. The van der Waals surface area contributed by atoms with Crippen molar-refractivity contribution in [3.63, 3.8) is 0 Å². The van der Waals surface area contributed by atoms with E-state index in [4.69, 9.17) is 0 Å². The molecule has 0 nitrogen and oxygen atoms in total. The molecule has 0 aromatic carbocycles. The van der Waals surface area contributed by atoms with Gasteiger partial charge in [0, 0.05) is 0 Å². The highest BCUT2D eigenvalue weighted by molar-refractivity contribution is 5.31. The molecule has 0 N–H and O–H groups in total. The minimum absolute atomic E-state index is 0.716. The molecule has 48 valence electrons. The molecule has 1 atom stereocenters. The molecule has 0 saturated heterocycles. The van der Waals surface area contributed by atoms with Crippen LogP contribution in [0.2, 0.25) is 0 Å². The first-order valence-corrected chi connectivity index (χ1v) is 3.33. The molecule has 0 spiro atoms. The predicted molar refractivity (Wildman–Crippen MR) is 41.2 cm³/mol. The Labute approximate surface area is 56.6 Å². The Morgan fingerprint density at radius 1 is 1.78 bits per heavy atom. The Morgan fingerprint density at radius 2 is 2.56 bits per heavy atom. The van der Waals surface area contributed by atoms with E-state index >= 15 is 0 Å². The maximum atomic E-state index is 3.69. The van der Waals surface area contributed by atoms with Crippen molar-refractivity contribution in [3.05, 3.63) is 36.5 Å². The molecule has 0 heteroatoms. The highest BCUT2D eigenvalue weighted by Gasteiger charge is 1.98. The van der Waals surface area contributed by atoms with Crippen LogP contribution in [0, 0.1) is 5.92 Å². The molecule has 0 saturated carbocycles. The average molecular weight is 120 g/mol. The van der Waals surface area contributed by atoms with Crippen LogP contribution < -0.4 is 0 Å². The first-order valence-electron chi connectivity index (χ1n) is 3.33. The van der Waals surface area contributed by atoms with Gasteiger partial charge in [0.25, 0.3) is 0 Å². The van der Waals surface area contributed by atoms with E-state index in [-0.39, 0.29) is 0 Å². The first kappa shape index (κ1) is 6.34. The second-order valence-electron chi connectivity index (χ2n) is 2.48. The van der Waals surface area contributed by atoms with Crippen LogP contribution in [-0.2, 0) is 0 Å². The van der Waals surface area contributed by atoms with Gasteiger partial charge in [0.1, 0.15) is 0 Å². The van der Waals surface area contributed by atoms with E-state index in [2.05, 4.69) is 31.7 Å². The van der Waals surface area contributed by atoms with Crippen LogP contribution in [0.25, 0.3) is 0 Å². The van der Waals surface area contributed by atoms with Crippen molar-refractivity contribution in [3.8, 4) is 0 Å². The molecule has 1 unspecified atom stereocenters. The van der Waals surface area contributed by atoms with E-state index in [0.717, 1.165) is 6.42 Å². The molecule has 0 heterocycles. The number of allylic oxidation sites excluding steroid dienone is 5. The minimum atomic E-state index is 0.716. The van der Waals surface area contributed by atoms with Crippen molar-refractivity contribution >= 4 is 0 Å². The van der Waals surface area contributed by atoms with Gasteiger partial charge in [-0.05, 0) is 17.9 Å². The van der Waals surface area contributed by atoms with Crippen LogP contribution in [0.3, 0.4) is 0 Å². The average Bonchev–Trinajstić information content (AvgIpc) is 1.90. The zero-order valence-electron chi connectivity index (χ0n) is 5.80. The van der Waals surface area contributed by atoms with Gasteiger partial charge in [-0.25, -0.2) is 0 Å². The summed E-state index contributed by atoms with van der Waals surface area (Å²) in [6.45, 7) is 5.90. The zero-order chi connectivity index (χ0) is 6.69. The van der Waals surface area contributed by atoms with Crippen LogP contribution in [0.1, 0.15) is 13.3 Å². The molecular weight excluding hydrogens is 108 g/mol. The molecule has 0 fully saturated rings. The lowest BCUT2D eigenvalue weighted by molar-refractivity contribution is 0.733. The molecule has 1 aliphatic carbocycles. The monoisotopic (exact) mass is 120 g/mol. The van der Waals surface area contributed by atoms with Crippen molar-refractivity contribution in [1.29, 1.82) is 0 Å². The van der Waals surface area contributed by atoms with Crippen LogP contribution in [0.15, 0.2) is 36.5 Å². The maximum Gasteiger partial charge on any atom is -0.0224 e. The smallest absolute Gasteiger partial charge is 0.0224 e. The molecule has 1 aliphatic rings. The van der Waals surface area contributed by atoms with Gasteiger partial charge >= 0.3 is 0 Å². The van der Waals surface area contributed by atoms with Gasteiger partial charge in [-0.15, -0.1) is 0 Å². The Bertz CT molecular complexity index is 161. The van der Waals surface area contributed by atoms with Crippen molar-refractivity contribution in [2.75, 3.05) is 0 Å². The third-order valence-electron chi connectivity index (χ3n) is 1.58. The summed E-state index contributed by atoms with van der Waals surface area (Å²) in [6.07, 6.45) is 9.62. The molecule has 0 aromatic rings. The number of rotatable bonds is 1. The fourth-order valence-electron chi connectivity index (χ4n) is 0.895. The van der Waals surface area contributed by atoms with Gasteiger partial charge in [0.15, 0.2) is 0 Å². The lowest BCUT2D eigenvalue weighted by atomic mass is 9.99. The van der Waals surface area contributed by atoms with Gasteiger partial charge in [-0.1, -0.05) is 37.8 Å². The van der Waals surface area contributed by atoms with Gasteiger partial charge < -0.3 is 0 Å². The van der Waals surface area contributed by atoms with Gasteiger partial charge in [0.05, 0.1) is 0 Å². The molecule has 0 amide bonds. The fourth-order valence-corrected chi connectivity index (χ4v) is 0.895. The summed E-state index contributed by atoms with van der Waals surface area (Å²) in [5.41, 5.74) is 1.26. The standard InChI is InChI=1S/C9H12/c1-3-9-6-4-8(2)5-7-9/h3-4,6-8H,1,5H2,2H3. The first-order chi connectivity index (χ1) is 4.33. The summed E-state index contributed by atoms with van der Waals surface area (Å²) in [6, 6.07) is 0. The second kappa shape index (κ2) is 2.67. The largest absolute Gasteiger partial charge is 0.0985 e. The quantitative estimate of drug-likeness (QED) is 0.499. The van der Waals surface area contributed by atoms with E-state index in [1.807, 2.05) is 6.08 Å². The van der Waals surface area contributed by atoms with Crippen molar-refractivity contribution in [1.82, 2.24) is 0 Å². The predicted octanol–water partition coefficient (Wildman–Crippen LogP) is 2.69. The van der Waals surface area contributed by atoms with Crippen LogP contribution in [0.5, 0.6) is 0 Å². The second-order valence-corrected chi connectivity index (χ2v) is 2.48. The van der Waals surface area contributed by atoms with E-state index in [1.54, 1.807) is 0 Å². The highest BCUT2D eigenvalue weighted by atomic mass is 14.0. The minimum Gasteiger partial charge on any atom is -0.0985 e. The Hall–Kier alpha value is -0.780. The topological polar surface area (TPSA) is 0 Å². The molecule has 0 aromatic heterocycles. The molecule has 9 heavy (non-hydrogen) atoms. The zero-order valence-corrected chi connectivity index (χ0v) is 5.80. The number of hydrogen-bond donors (Lipinski definition) is 0. The molecule has 1 rings (SSSR count). The number of hydrogen-bond acceptors (Lipinski definition) is 0. The molecule has 0 aliphatic heterocycles. The summed E-state index contributed by atoms with van der Waals surface area (Å²) in [5, 5.41) is 0. The highest BCUT2D eigenvalue weighted by Crippen LogP contribution is 2.15. The van der Waals surface area contributed by atoms with E-state index in [9.17, 15) is 0 Å². The van der Waals surface area contributed by atoms with E-state index in [0.29, 0.717) is 5.92 Å². The Kier molecular flexibility index (Phi) is 1.88. The molecule has 0 radical (unpaired) electrons. The van der Waals surface area contributed by atoms with E-state index in [1.165, 1.54) is 5.57 Å². The van der Waals surface area contributed by atoms with Crippen LogP contribution >= 0.6 is 0 Å². The summed E-state index contributed by atoms with van der Waals surface area (Å²) < 4.78 is 0. The van der Waals surface area contributed by atoms with E-state index < -0.39 is 0 Å². The van der Waals surface area contributed by atoms with Crippen LogP contribution in [-0.4, -0.2) is 0 Å². The van der Waals surface area contributed by atoms with Crippen molar-refractivity contribution < 1.29 is 0 Å². The van der Waals surface area contributed by atoms with Crippen LogP contribution in [0.4, 0.5) is 0 Å². The normalized spacial score (nSPS) is 25.4. The Balaban J connectivity index is 2.62. The summed E-state index contributed by atoms with van der Waals surface area (Å²) >= 11 is 0. The summed E-state index contributed by atoms with van der Waals surface area (Å²) in [5.74, 6) is 0.716. The SMILES string of the molecule is C=CC1=CCC(C)C=C1. The van der Waals surface area contributed by atoms with Crippen molar-refractivity contribution in [2.24, 2.45) is 5.92 Å². The third-order valence-corrected chi connectivity index (χ3v) is 1.58. The van der Waals surface area contributed by atoms with Gasteiger partial charge in [0.2, 0.25) is 0 Å². The summed E-state index contributed by atoms with van der Waals surface area (Å²) in [4.78, 5) is 0.